The van der Waals surface area contributed by atoms with E-state index in [9.17, 15) is 9.59 Å². The summed E-state index contributed by atoms with van der Waals surface area (Å²) < 4.78 is 13.2. The molecule has 0 fully saturated rings. The molecule has 0 aliphatic carbocycles. The smallest absolute Gasteiger partial charge is 0.258 e. The first-order valence-corrected chi connectivity index (χ1v) is 10.7. The molecule has 6 nitrogen and oxygen atoms in total. The third-order valence-electron chi connectivity index (χ3n) is 5.45. The number of nitrogens with zero attached hydrogens (tertiary/aromatic N) is 2. The van der Waals surface area contributed by atoms with Crippen molar-refractivity contribution in [2.24, 2.45) is 0 Å². The van der Waals surface area contributed by atoms with Crippen molar-refractivity contribution in [3.63, 3.8) is 0 Å². The number of pyridine rings is 1. The molecule has 2 heterocycles. The van der Waals surface area contributed by atoms with E-state index >= 15 is 0 Å². The van der Waals surface area contributed by atoms with Crippen LogP contribution in [0.25, 0.3) is 22.1 Å². The fourth-order valence-corrected chi connectivity index (χ4v) is 3.60. The molecule has 0 amide bonds. The van der Waals surface area contributed by atoms with Crippen molar-refractivity contribution in [2.45, 2.75) is 65.3 Å². The molecular weight excluding hydrogens is 380 g/mol. The van der Waals surface area contributed by atoms with E-state index in [1.807, 2.05) is 26.0 Å². The summed E-state index contributed by atoms with van der Waals surface area (Å²) in [5.74, 6) is 2.26. The van der Waals surface area contributed by atoms with Gasteiger partial charge in [0, 0.05) is 32.0 Å². The second kappa shape index (κ2) is 10.2. The Bertz CT molecular complexity index is 1060. The number of oxazole rings is 1. The highest BCUT2D eigenvalue weighted by Crippen LogP contribution is 2.33. The van der Waals surface area contributed by atoms with E-state index in [0.717, 1.165) is 43.1 Å². The lowest BCUT2D eigenvalue weighted by molar-refractivity contribution is -0.118. The van der Waals surface area contributed by atoms with Crippen LogP contribution in [-0.2, 0) is 17.8 Å². The van der Waals surface area contributed by atoms with Crippen molar-refractivity contribution in [2.75, 3.05) is 7.11 Å². The zero-order valence-corrected chi connectivity index (χ0v) is 18.1. The van der Waals surface area contributed by atoms with E-state index in [1.165, 1.54) is 0 Å². The summed E-state index contributed by atoms with van der Waals surface area (Å²) in [4.78, 5) is 28.3. The number of Topliss-reactive ketones (excluding diaryl/α,β-unsaturated/α-hetero) is 1. The fraction of sp³-hybridized carbons (Fsp3) is 0.458. The SMILES string of the molecule is CCC(=O)CCCCCCc1ncc(-c2cc3ccn(CC)c(=O)c3cc2OC)o1. The van der Waals surface area contributed by atoms with Crippen LogP contribution in [0.3, 0.4) is 0 Å². The summed E-state index contributed by atoms with van der Waals surface area (Å²) in [6, 6.07) is 5.63. The molecule has 0 spiro atoms. The Kier molecular flexibility index (Phi) is 7.44. The summed E-state index contributed by atoms with van der Waals surface area (Å²) in [6.07, 6.45) is 9.64. The Morgan fingerprint density at radius 3 is 2.70 bits per heavy atom. The quantitative estimate of drug-likeness (QED) is 0.408. The van der Waals surface area contributed by atoms with Gasteiger partial charge in [0.2, 0.25) is 0 Å². The Morgan fingerprint density at radius 2 is 1.97 bits per heavy atom. The van der Waals surface area contributed by atoms with Crippen molar-refractivity contribution in [3.05, 3.63) is 46.8 Å². The molecule has 30 heavy (non-hydrogen) atoms. The van der Waals surface area contributed by atoms with Crippen molar-refractivity contribution >= 4 is 16.6 Å². The molecular formula is C24H30N2O4. The average Bonchev–Trinajstić information content (AvgIpc) is 3.24. The van der Waals surface area contributed by atoms with Gasteiger partial charge in [0.1, 0.15) is 11.5 Å². The van der Waals surface area contributed by atoms with E-state index in [2.05, 4.69) is 4.98 Å². The summed E-state index contributed by atoms with van der Waals surface area (Å²) >= 11 is 0. The van der Waals surface area contributed by atoms with Crippen LogP contribution in [0, 0.1) is 0 Å². The first kappa shape index (κ1) is 21.8. The molecule has 0 aliphatic rings. The van der Waals surface area contributed by atoms with Crippen LogP contribution in [0.5, 0.6) is 5.75 Å². The van der Waals surface area contributed by atoms with E-state index in [0.29, 0.717) is 48.0 Å². The monoisotopic (exact) mass is 410 g/mol. The molecule has 0 atom stereocenters. The number of ketones is 1. The van der Waals surface area contributed by atoms with E-state index in [4.69, 9.17) is 9.15 Å². The Balaban J connectivity index is 1.70. The lowest BCUT2D eigenvalue weighted by atomic mass is 10.1. The van der Waals surface area contributed by atoms with Gasteiger partial charge in [0.15, 0.2) is 11.7 Å². The number of aryl methyl sites for hydroxylation is 2. The van der Waals surface area contributed by atoms with Crippen LogP contribution in [-0.4, -0.2) is 22.4 Å². The molecule has 0 bridgehead atoms. The molecule has 0 radical (unpaired) electrons. The van der Waals surface area contributed by atoms with Gasteiger partial charge in [0.05, 0.1) is 24.3 Å². The predicted octanol–water partition coefficient (Wildman–Crippen LogP) is 5.16. The number of hydrogen-bond acceptors (Lipinski definition) is 5. The zero-order valence-electron chi connectivity index (χ0n) is 18.1. The number of hydrogen-bond donors (Lipinski definition) is 0. The Morgan fingerprint density at radius 1 is 1.17 bits per heavy atom. The van der Waals surface area contributed by atoms with Crippen LogP contribution in [0.15, 0.2) is 39.8 Å². The van der Waals surface area contributed by atoms with E-state index in [1.54, 1.807) is 30.1 Å². The normalized spacial score (nSPS) is 11.2. The van der Waals surface area contributed by atoms with Gasteiger partial charge in [-0.3, -0.25) is 9.59 Å². The first-order chi connectivity index (χ1) is 14.6. The Hall–Kier alpha value is -2.89. The third-order valence-corrected chi connectivity index (χ3v) is 5.45. The molecule has 0 aliphatic heterocycles. The van der Waals surface area contributed by atoms with Crippen LogP contribution < -0.4 is 10.3 Å². The van der Waals surface area contributed by atoms with Gasteiger partial charge >= 0.3 is 0 Å². The van der Waals surface area contributed by atoms with Crippen molar-refractivity contribution in [1.29, 1.82) is 0 Å². The van der Waals surface area contributed by atoms with E-state index < -0.39 is 0 Å². The summed E-state index contributed by atoms with van der Waals surface area (Å²) in [5.41, 5.74) is 0.759. The highest BCUT2D eigenvalue weighted by Gasteiger charge is 2.15. The van der Waals surface area contributed by atoms with Gasteiger partial charge in [-0.2, -0.15) is 0 Å². The maximum atomic E-state index is 12.6. The second-order valence-corrected chi connectivity index (χ2v) is 7.47. The highest BCUT2D eigenvalue weighted by atomic mass is 16.5. The number of ether oxygens (including phenoxy) is 1. The highest BCUT2D eigenvalue weighted by molar-refractivity contribution is 5.89. The lowest BCUT2D eigenvalue weighted by Gasteiger charge is -2.10. The first-order valence-electron chi connectivity index (χ1n) is 10.7. The molecule has 6 heteroatoms. The topological polar surface area (TPSA) is 74.3 Å². The molecule has 0 N–H and O–H groups in total. The number of benzene rings is 1. The Labute approximate surface area is 176 Å². The van der Waals surface area contributed by atoms with Crippen LogP contribution in [0.1, 0.15) is 58.3 Å². The minimum Gasteiger partial charge on any atom is -0.496 e. The molecule has 160 valence electrons. The molecule has 0 saturated heterocycles. The number of carbonyl (C=O) groups is 1. The van der Waals surface area contributed by atoms with Crippen molar-refractivity contribution < 1.29 is 13.9 Å². The number of carbonyl (C=O) groups excluding carboxylic acids is 1. The lowest BCUT2D eigenvalue weighted by Crippen LogP contribution is -2.18. The standard InChI is InChI=1S/C24H30N2O4/c1-4-18(27)10-8-6-7-9-11-23-25-16-22(30-23)20-14-17-12-13-26(5-2)24(28)19(17)15-21(20)29-3/h12-16H,4-11H2,1-3H3. The van der Waals surface area contributed by atoms with Gasteiger partial charge in [0.25, 0.3) is 5.56 Å². The zero-order chi connectivity index (χ0) is 21.5. The van der Waals surface area contributed by atoms with Gasteiger partial charge in [-0.05, 0) is 43.4 Å². The predicted molar refractivity (Wildman–Crippen MR) is 118 cm³/mol. The van der Waals surface area contributed by atoms with Crippen molar-refractivity contribution in [1.82, 2.24) is 9.55 Å². The molecule has 0 saturated carbocycles. The molecule has 2 aromatic heterocycles. The largest absolute Gasteiger partial charge is 0.496 e. The number of methoxy groups -OCH3 is 1. The van der Waals surface area contributed by atoms with Crippen LogP contribution >= 0.6 is 0 Å². The summed E-state index contributed by atoms with van der Waals surface area (Å²) in [5, 5.41) is 1.47. The van der Waals surface area contributed by atoms with Crippen LogP contribution in [0.4, 0.5) is 0 Å². The van der Waals surface area contributed by atoms with Gasteiger partial charge < -0.3 is 13.7 Å². The van der Waals surface area contributed by atoms with Gasteiger partial charge in [-0.15, -0.1) is 0 Å². The number of rotatable bonds is 11. The minimum atomic E-state index is -0.0289. The molecule has 3 rings (SSSR count). The van der Waals surface area contributed by atoms with Gasteiger partial charge in [-0.1, -0.05) is 19.8 Å². The molecule has 0 unspecified atom stereocenters. The van der Waals surface area contributed by atoms with E-state index in [-0.39, 0.29) is 5.56 Å². The third kappa shape index (κ3) is 4.99. The molecule has 1 aromatic carbocycles. The number of aromatic nitrogens is 2. The van der Waals surface area contributed by atoms with Crippen molar-refractivity contribution in [3.8, 4) is 17.1 Å². The van der Waals surface area contributed by atoms with Crippen LogP contribution in [0.2, 0.25) is 0 Å². The average molecular weight is 411 g/mol. The van der Waals surface area contributed by atoms with Gasteiger partial charge in [-0.25, -0.2) is 4.98 Å². The second-order valence-electron chi connectivity index (χ2n) is 7.47. The minimum absolute atomic E-state index is 0.0289. The molecule has 3 aromatic rings. The summed E-state index contributed by atoms with van der Waals surface area (Å²) in [6.45, 7) is 4.48. The maximum absolute atomic E-state index is 12.6. The summed E-state index contributed by atoms with van der Waals surface area (Å²) in [7, 11) is 1.59. The maximum Gasteiger partial charge on any atom is 0.258 e. The number of fused-ring (bicyclic) bond motifs is 1. The number of unbranched alkanes of at least 4 members (excludes halogenated alkanes) is 3. The fourth-order valence-electron chi connectivity index (χ4n) is 3.60.